The van der Waals surface area contributed by atoms with Crippen LogP contribution in [-0.2, 0) is 10.8 Å². The minimum atomic E-state index is -0.0432. The van der Waals surface area contributed by atoms with Gasteiger partial charge in [0.15, 0.2) is 0 Å². The highest BCUT2D eigenvalue weighted by atomic mass is 15.3. The number of fused-ring (bicyclic) bond motifs is 8. The molecule has 3 aliphatic heterocycles. The molecule has 0 N–H and O–H groups in total. The molecule has 1 unspecified atom stereocenters. The normalized spacial score (nSPS) is 19.5. The van der Waals surface area contributed by atoms with Gasteiger partial charge in [0.05, 0.1) is 11.2 Å². The largest absolute Gasteiger partial charge is 0.335 e. The minimum absolute atomic E-state index is 0.0325. The summed E-state index contributed by atoms with van der Waals surface area (Å²) in [6.07, 6.45) is 4.93. The number of anilines is 8. The molecule has 0 spiro atoms. The van der Waals surface area contributed by atoms with Crippen molar-refractivity contribution in [3.63, 3.8) is 0 Å². The van der Waals surface area contributed by atoms with Crippen LogP contribution in [0.4, 0.5) is 45.5 Å². The molecule has 0 bridgehead atoms. The van der Waals surface area contributed by atoms with Crippen LogP contribution >= 0.6 is 0 Å². The van der Waals surface area contributed by atoms with Gasteiger partial charge in [0, 0.05) is 50.8 Å². The fourth-order valence-corrected chi connectivity index (χ4v) is 12.0. The standard InChI is InChI=1S/C58H52BN3/c1-56(2,3)42-36-52-54-53(37-42)62-55-47(57(4)33-16-17-34-58(57,62)5)26-18-27-48(55)59(54)49-38-45(31-32-51(49)61(52)44-23-10-7-11-24-44)60(43-21-8-6-9-22-43)50-28-15-14-25-46(50)41-30-29-39-19-12-13-20-40(39)35-41/h6-15,18-32,35-38H,16-17,33-34H2,1-5H3/t57?,58-/m1/s1. The predicted octanol–water partition coefficient (Wildman–Crippen LogP) is 13.6. The van der Waals surface area contributed by atoms with E-state index >= 15 is 0 Å². The van der Waals surface area contributed by atoms with Crippen LogP contribution in [0.25, 0.3) is 21.9 Å². The average molecular weight is 802 g/mol. The Balaban J connectivity index is 1.14. The zero-order chi connectivity index (χ0) is 42.0. The van der Waals surface area contributed by atoms with Crippen molar-refractivity contribution < 1.29 is 0 Å². The van der Waals surface area contributed by atoms with Crippen molar-refractivity contribution in [3.05, 3.63) is 187 Å². The van der Waals surface area contributed by atoms with E-state index in [0.29, 0.717) is 0 Å². The van der Waals surface area contributed by atoms with Crippen molar-refractivity contribution in [2.24, 2.45) is 0 Å². The highest BCUT2D eigenvalue weighted by Crippen LogP contribution is 2.62. The van der Waals surface area contributed by atoms with Gasteiger partial charge in [-0.2, -0.15) is 0 Å². The smallest absolute Gasteiger partial charge is 0.252 e. The van der Waals surface area contributed by atoms with Crippen LogP contribution in [0.2, 0.25) is 0 Å². The molecule has 4 heteroatoms. The minimum Gasteiger partial charge on any atom is -0.335 e. The second-order valence-corrected chi connectivity index (χ2v) is 19.7. The second kappa shape index (κ2) is 13.5. The first kappa shape index (κ1) is 37.3. The molecule has 12 rings (SSSR count). The van der Waals surface area contributed by atoms with Gasteiger partial charge in [-0.3, -0.25) is 0 Å². The van der Waals surface area contributed by atoms with Crippen LogP contribution in [0.3, 0.4) is 0 Å². The molecule has 8 aromatic rings. The van der Waals surface area contributed by atoms with Gasteiger partial charge in [-0.15, -0.1) is 0 Å². The third kappa shape index (κ3) is 5.25. The van der Waals surface area contributed by atoms with E-state index in [-0.39, 0.29) is 23.1 Å². The first-order valence-corrected chi connectivity index (χ1v) is 22.7. The molecule has 0 saturated heterocycles. The summed E-state index contributed by atoms with van der Waals surface area (Å²) >= 11 is 0. The molecular weight excluding hydrogens is 749 g/mol. The summed E-state index contributed by atoms with van der Waals surface area (Å²) < 4.78 is 0. The van der Waals surface area contributed by atoms with Gasteiger partial charge in [0.25, 0.3) is 6.71 Å². The van der Waals surface area contributed by atoms with Crippen molar-refractivity contribution >= 4 is 79.4 Å². The van der Waals surface area contributed by atoms with Gasteiger partial charge in [-0.05, 0) is 136 Å². The molecule has 3 nitrogen and oxygen atoms in total. The zero-order valence-electron chi connectivity index (χ0n) is 36.5. The molecule has 3 heterocycles. The van der Waals surface area contributed by atoms with Gasteiger partial charge in [0.2, 0.25) is 0 Å². The predicted molar refractivity (Wildman–Crippen MR) is 265 cm³/mol. The van der Waals surface area contributed by atoms with Crippen LogP contribution in [0.1, 0.15) is 71.4 Å². The summed E-state index contributed by atoms with van der Waals surface area (Å²) in [5.74, 6) is 0. The van der Waals surface area contributed by atoms with E-state index in [0.717, 1.165) is 17.1 Å². The molecule has 62 heavy (non-hydrogen) atoms. The number of benzene rings is 8. The number of para-hydroxylation sites is 4. The summed E-state index contributed by atoms with van der Waals surface area (Å²) in [5.41, 5.74) is 19.5. The summed E-state index contributed by atoms with van der Waals surface area (Å²) in [5, 5.41) is 2.50. The van der Waals surface area contributed by atoms with Crippen molar-refractivity contribution in [2.75, 3.05) is 14.7 Å². The fourth-order valence-electron chi connectivity index (χ4n) is 12.0. The van der Waals surface area contributed by atoms with E-state index in [1.165, 1.54) is 104 Å². The molecule has 0 amide bonds. The molecule has 1 aliphatic carbocycles. The van der Waals surface area contributed by atoms with Crippen LogP contribution in [0, 0.1) is 0 Å². The van der Waals surface area contributed by atoms with Crippen molar-refractivity contribution in [3.8, 4) is 11.1 Å². The third-order valence-electron chi connectivity index (χ3n) is 15.3. The lowest BCUT2D eigenvalue weighted by Crippen LogP contribution is -2.64. The Bertz CT molecular complexity index is 3080. The number of rotatable bonds is 5. The van der Waals surface area contributed by atoms with E-state index in [2.05, 4.69) is 225 Å². The summed E-state index contributed by atoms with van der Waals surface area (Å²) in [6, 6.07) is 66.2. The summed E-state index contributed by atoms with van der Waals surface area (Å²) in [6.45, 7) is 12.3. The Kier molecular flexibility index (Phi) is 8.11. The Morgan fingerprint density at radius 1 is 0.565 bits per heavy atom. The molecule has 1 fully saturated rings. The molecule has 1 saturated carbocycles. The highest BCUT2D eigenvalue weighted by molar-refractivity contribution is 7.00. The van der Waals surface area contributed by atoms with Crippen LogP contribution in [0.5, 0.6) is 0 Å². The maximum Gasteiger partial charge on any atom is 0.252 e. The van der Waals surface area contributed by atoms with Crippen molar-refractivity contribution in [2.45, 2.75) is 76.7 Å². The fraction of sp³-hybridized carbons (Fsp3) is 0.207. The maximum atomic E-state index is 2.86. The van der Waals surface area contributed by atoms with Gasteiger partial charge in [-0.25, -0.2) is 0 Å². The van der Waals surface area contributed by atoms with E-state index < -0.39 is 0 Å². The zero-order valence-corrected chi connectivity index (χ0v) is 36.5. The lowest BCUT2D eigenvalue weighted by atomic mass is 9.33. The monoisotopic (exact) mass is 801 g/mol. The number of hydrogen-bond donors (Lipinski definition) is 0. The van der Waals surface area contributed by atoms with Crippen LogP contribution in [0.15, 0.2) is 176 Å². The summed E-state index contributed by atoms with van der Waals surface area (Å²) in [7, 11) is 0. The van der Waals surface area contributed by atoms with Crippen molar-refractivity contribution in [1.82, 2.24) is 0 Å². The van der Waals surface area contributed by atoms with E-state index in [9.17, 15) is 0 Å². The average Bonchev–Trinajstić information content (AvgIpc) is 3.51. The number of hydrogen-bond acceptors (Lipinski definition) is 3. The van der Waals surface area contributed by atoms with Crippen LogP contribution < -0.4 is 31.1 Å². The highest BCUT2D eigenvalue weighted by Gasteiger charge is 2.61. The van der Waals surface area contributed by atoms with E-state index in [4.69, 9.17) is 0 Å². The Morgan fingerprint density at radius 2 is 1.27 bits per heavy atom. The Morgan fingerprint density at radius 3 is 2.08 bits per heavy atom. The lowest BCUT2D eigenvalue weighted by Gasteiger charge is -2.53. The topological polar surface area (TPSA) is 9.72 Å². The molecule has 8 aromatic carbocycles. The molecule has 4 aliphatic rings. The van der Waals surface area contributed by atoms with E-state index in [1.54, 1.807) is 0 Å². The lowest BCUT2D eigenvalue weighted by molar-refractivity contribution is 0.195. The Hall–Kier alpha value is -6.52. The second-order valence-electron chi connectivity index (χ2n) is 19.7. The Labute approximate surface area is 367 Å². The summed E-state index contributed by atoms with van der Waals surface area (Å²) in [4.78, 5) is 7.92. The van der Waals surface area contributed by atoms with Gasteiger partial charge >= 0.3 is 0 Å². The van der Waals surface area contributed by atoms with Crippen molar-refractivity contribution in [1.29, 1.82) is 0 Å². The molecule has 0 radical (unpaired) electrons. The quantitative estimate of drug-likeness (QED) is 0.161. The third-order valence-corrected chi connectivity index (χ3v) is 15.3. The SMILES string of the molecule is CC(C)(C)c1cc2c3c(c1)N1c4c(cccc4C4(C)CCCC[C@@]14C)B3c1cc(N(c3ccccc3)c3ccccc3-c3ccc4ccccc4c3)ccc1N2c1ccccc1. The maximum absolute atomic E-state index is 2.86. The van der Waals surface area contributed by atoms with Gasteiger partial charge in [0.1, 0.15) is 0 Å². The van der Waals surface area contributed by atoms with E-state index in [1.807, 2.05) is 0 Å². The first-order valence-electron chi connectivity index (χ1n) is 22.7. The van der Waals surface area contributed by atoms with Gasteiger partial charge < -0.3 is 14.7 Å². The molecule has 0 aromatic heterocycles. The van der Waals surface area contributed by atoms with Crippen LogP contribution in [-0.4, -0.2) is 12.3 Å². The molecular formula is C58H52BN3. The molecule has 2 atom stereocenters. The first-order chi connectivity index (χ1) is 30.1. The molecule has 302 valence electrons. The van der Waals surface area contributed by atoms with Gasteiger partial charge in [-0.1, -0.05) is 150 Å². The number of nitrogens with zero attached hydrogens (tertiary/aromatic N) is 3.